The van der Waals surface area contributed by atoms with Crippen molar-refractivity contribution < 1.29 is 24.2 Å². The third kappa shape index (κ3) is 3.84. The van der Waals surface area contributed by atoms with Gasteiger partial charge in [-0.2, -0.15) is 0 Å². The lowest BCUT2D eigenvalue weighted by Gasteiger charge is -2.34. The highest BCUT2D eigenvalue weighted by molar-refractivity contribution is 8.00. The number of aliphatic carboxylic acids is 1. The Morgan fingerprint density at radius 2 is 1.96 bits per heavy atom. The molecule has 2 fully saturated rings. The Balaban J connectivity index is 1.69. The first-order chi connectivity index (χ1) is 11.7. The summed E-state index contributed by atoms with van der Waals surface area (Å²) in [6.45, 7) is 1.46. The standard InChI is InChI=1S/C17H21NO5S/c19-16(20)14-11-24-15(13-6-8-22-9-7-13)18(14)17(21)23-10-12-4-2-1-3-5-12/h1-5,13-15H,6-11H2,(H,19,20). The van der Waals surface area contributed by atoms with Gasteiger partial charge in [0.1, 0.15) is 12.6 Å². The van der Waals surface area contributed by atoms with E-state index in [1.807, 2.05) is 30.3 Å². The fourth-order valence-corrected chi connectivity index (χ4v) is 4.73. The van der Waals surface area contributed by atoms with Gasteiger partial charge in [0.15, 0.2) is 0 Å². The van der Waals surface area contributed by atoms with E-state index < -0.39 is 18.1 Å². The molecule has 2 saturated heterocycles. The smallest absolute Gasteiger partial charge is 0.411 e. The topological polar surface area (TPSA) is 76.1 Å². The highest BCUT2D eigenvalue weighted by atomic mass is 32.2. The lowest BCUT2D eigenvalue weighted by Crippen LogP contribution is -2.48. The summed E-state index contributed by atoms with van der Waals surface area (Å²) in [7, 11) is 0. The summed E-state index contributed by atoms with van der Waals surface area (Å²) in [5, 5.41) is 9.29. The Kier molecular flexibility index (Phi) is 5.63. The van der Waals surface area contributed by atoms with Crippen molar-refractivity contribution in [2.45, 2.75) is 30.9 Å². The Hall–Kier alpha value is -1.73. The van der Waals surface area contributed by atoms with Crippen LogP contribution >= 0.6 is 11.8 Å². The van der Waals surface area contributed by atoms with Crippen LogP contribution in [0.5, 0.6) is 0 Å². The van der Waals surface area contributed by atoms with Crippen LogP contribution in [0.3, 0.4) is 0 Å². The lowest BCUT2D eigenvalue weighted by molar-refractivity contribution is -0.142. The Bertz CT molecular complexity index is 576. The van der Waals surface area contributed by atoms with Gasteiger partial charge >= 0.3 is 12.1 Å². The van der Waals surface area contributed by atoms with E-state index in [0.29, 0.717) is 19.0 Å². The van der Waals surface area contributed by atoms with Gasteiger partial charge in [0.25, 0.3) is 0 Å². The maximum atomic E-state index is 12.6. The molecular weight excluding hydrogens is 330 g/mol. The number of carbonyl (C=O) groups excluding carboxylic acids is 1. The fourth-order valence-electron chi connectivity index (χ4n) is 3.11. The zero-order chi connectivity index (χ0) is 16.9. The number of rotatable bonds is 4. The Labute approximate surface area is 145 Å². The summed E-state index contributed by atoms with van der Waals surface area (Å²) in [6, 6.07) is 8.56. The van der Waals surface area contributed by atoms with Crippen LogP contribution < -0.4 is 0 Å². The van der Waals surface area contributed by atoms with E-state index in [0.717, 1.165) is 18.4 Å². The minimum atomic E-state index is -0.978. The van der Waals surface area contributed by atoms with E-state index in [-0.39, 0.29) is 17.9 Å². The molecule has 2 aliphatic rings. The van der Waals surface area contributed by atoms with Gasteiger partial charge in [-0.1, -0.05) is 30.3 Å². The van der Waals surface area contributed by atoms with Gasteiger partial charge in [-0.25, -0.2) is 9.59 Å². The molecule has 1 aromatic rings. The van der Waals surface area contributed by atoms with Crippen molar-refractivity contribution in [2.75, 3.05) is 19.0 Å². The molecule has 1 N–H and O–H groups in total. The lowest BCUT2D eigenvalue weighted by atomic mass is 9.99. The first kappa shape index (κ1) is 17.1. The third-order valence-electron chi connectivity index (χ3n) is 4.41. The second-order valence-corrected chi connectivity index (χ2v) is 7.12. The van der Waals surface area contributed by atoms with E-state index in [4.69, 9.17) is 9.47 Å². The molecule has 2 heterocycles. The molecule has 2 aliphatic heterocycles. The number of amides is 1. The van der Waals surface area contributed by atoms with Gasteiger partial charge in [0.05, 0.1) is 5.37 Å². The molecule has 7 heteroatoms. The van der Waals surface area contributed by atoms with Gasteiger partial charge in [-0.05, 0) is 24.3 Å². The second-order valence-electron chi connectivity index (χ2n) is 5.98. The molecule has 6 nitrogen and oxygen atoms in total. The first-order valence-corrected chi connectivity index (χ1v) is 9.13. The number of carboxylic acids is 1. The van der Waals surface area contributed by atoms with Crippen LogP contribution in [0.25, 0.3) is 0 Å². The molecule has 1 amide bonds. The molecule has 0 spiro atoms. The maximum Gasteiger partial charge on any atom is 0.411 e. The number of carbonyl (C=O) groups is 2. The number of benzene rings is 1. The largest absolute Gasteiger partial charge is 0.480 e. The van der Waals surface area contributed by atoms with E-state index in [1.165, 1.54) is 16.7 Å². The molecule has 130 valence electrons. The summed E-state index contributed by atoms with van der Waals surface area (Å²) >= 11 is 1.53. The quantitative estimate of drug-likeness (QED) is 0.898. The van der Waals surface area contributed by atoms with Crippen LogP contribution in [0.4, 0.5) is 4.79 Å². The molecule has 0 bridgehead atoms. The van der Waals surface area contributed by atoms with Crippen LogP contribution in [0, 0.1) is 5.92 Å². The number of hydrogen-bond acceptors (Lipinski definition) is 5. The van der Waals surface area contributed by atoms with E-state index >= 15 is 0 Å². The van der Waals surface area contributed by atoms with Crippen molar-refractivity contribution in [3.8, 4) is 0 Å². The molecule has 0 radical (unpaired) electrons. The molecular formula is C17H21NO5S. The van der Waals surface area contributed by atoms with Gasteiger partial charge in [-0.3, -0.25) is 4.90 Å². The number of ether oxygens (including phenoxy) is 2. The molecule has 0 aliphatic carbocycles. The molecule has 1 aromatic carbocycles. The van der Waals surface area contributed by atoms with Gasteiger partial charge in [0.2, 0.25) is 0 Å². The van der Waals surface area contributed by atoms with Gasteiger partial charge in [-0.15, -0.1) is 11.8 Å². The molecule has 0 aromatic heterocycles. The number of hydrogen-bond donors (Lipinski definition) is 1. The minimum absolute atomic E-state index is 0.147. The highest BCUT2D eigenvalue weighted by Gasteiger charge is 2.46. The average Bonchev–Trinajstić information content (AvgIpc) is 3.07. The molecule has 0 saturated carbocycles. The summed E-state index contributed by atoms with van der Waals surface area (Å²) < 4.78 is 10.8. The van der Waals surface area contributed by atoms with Crippen molar-refractivity contribution >= 4 is 23.8 Å². The van der Waals surface area contributed by atoms with E-state index in [2.05, 4.69) is 0 Å². The molecule has 3 rings (SSSR count). The highest BCUT2D eigenvalue weighted by Crippen LogP contribution is 2.38. The summed E-state index contributed by atoms with van der Waals surface area (Å²) in [4.78, 5) is 25.5. The van der Waals surface area contributed by atoms with Crippen LogP contribution in [0.2, 0.25) is 0 Å². The van der Waals surface area contributed by atoms with E-state index in [9.17, 15) is 14.7 Å². The summed E-state index contributed by atoms with van der Waals surface area (Å²) in [5.74, 6) is -0.330. The number of thioether (sulfide) groups is 1. The molecule has 2 atom stereocenters. The first-order valence-electron chi connectivity index (χ1n) is 8.08. The molecule has 24 heavy (non-hydrogen) atoms. The SMILES string of the molecule is O=C(O)C1CSC(C2CCOCC2)N1C(=O)OCc1ccccc1. The van der Waals surface area contributed by atoms with Crippen molar-refractivity contribution in [3.63, 3.8) is 0 Å². The third-order valence-corrected chi connectivity index (χ3v) is 5.87. The summed E-state index contributed by atoms with van der Waals surface area (Å²) in [5.41, 5.74) is 0.882. The van der Waals surface area contributed by atoms with Crippen molar-refractivity contribution in [3.05, 3.63) is 35.9 Å². The summed E-state index contributed by atoms with van der Waals surface area (Å²) in [6.07, 6.45) is 1.13. The van der Waals surface area contributed by atoms with Crippen LogP contribution in [-0.4, -0.2) is 52.5 Å². The zero-order valence-corrected chi connectivity index (χ0v) is 14.1. The Morgan fingerprint density at radius 3 is 2.62 bits per heavy atom. The van der Waals surface area contributed by atoms with Crippen LogP contribution in [0.1, 0.15) is 18.4 Å². The number of carboxylic acid groups (broad SMARTS) is 1. The second kappa shape index (κ2) is 7.90. The molecule has 2 unspecified atom stereocenters. The monoisotopic (exact) mass is 351 g/mol. The predicted octanol–water partition coefficient (Wildman–Crippen LogP) is 2.58. The van der Waals surface area contributed by atoms with Gasteiger partial charge < -0.3 is 14.6 Å². The maximum absolute atomic E-state index is 12.6. The zero-order valence-electron chi connectivity index (χ0n) is 13.3. The van der Waals surface area contributed by atoms with Crippen LogP contribution in [-0.2, 0) is 20.9 Å². The normalized spacial score (nSPS) is 24.8. The van der Waals surface area contributed by atoms with Crippen LogP contribution in [0.15, 0.2) is 30.3 Å². The average molecular weight is 351 g/mol. The van der Waals surface area contributed by atoms with Crippen molar-refractivity contribution in [1.29, 1.82) is 0 Å². The van der Waals surface area contributed by atoms with E-state index in [1.54, 1.807) is 0 Å². The van der Waals surface area contributed by atoms with Crippen molar-refractivity contribution in [1.82, 2.24) is 4.90 Å². The predicted molar refractivity (Wildman–Crippen MR) is 89.7 cm³/mol. The Morgan fingerprint density at radius 1 is 1.25 bits per heavy atom. The minimum Gasteiger partial charge on any atom is -0.480 e. The van der Waals surface area contributed by atoms with Crippen molar-refractivity contribution in [2.24, 2.45) is 5.92 Å². The number of nitrogens with zero attached hydrogens (tertiary/aromatic N) is 1. The fraction of sp³-hybridized carbons (Fsp3) is 0.529. The van der Waals surface area contributed by atoms with Gasteiger partial charge in [0, 0.05) is 19.0 Å².